The number of rotatable bonds is 7. The van der Waals surface area contributed by atoms with Gasteiger partial charge in [0, 0.05) is 56.7 Å². The van der Waals surface area contributed by atoms with Gasteiger partial charge in [0.15, 0.2) is 11.5 Å². The SMILES string of the molecule is CN1CCN(c2c(F)c(Oc3cccc(-c4nccn4C)c3)nc(Oc3cc(C(=N)N)ccc3O)c2F)CC1. The van der Waals surface area contributed by atoms with Gasteiger partial charge in [0.1, 0.15) is 23.1 Å². The van der Waals surface area contributed by atoms with E-state index in [0.717, 1.165) is 5.56 Å². The van der Waals surface area contributed by atoms with Crippen LogP contribution in [0.5, 0.6) is 29.0 Å². The van der Waals surface area contributed by atoms with Crippen molar-refractivity contribution in [2.75, 3.05) is 38.1 Å². The molecule has 0 bridgehead atoms. The number of phenolic OH excluding ortho intramolecular Hbond substituents is 1. The topological polar surface area (TPSA) is 126 Å². The molecule has 0 aliphatic carbocycles. The summed E-state index contributed by atoms with van der Waals surface area (Å²) in [6, 6.07) is 10.8. The zero-order valence-electron chi connectivity index (χ0n) is 21.4. The number of benzene rings is 2. The number of imidazole rings is 1. The number of halogens is 2. The summed E-state index contributed by atoms with van der Waals surface area (Å²) in [4.78, 5) is 12.0. The van der Waals surface area contributed by atoms with Crippen molar-refractivity contribution in [1.82, 2.24) is 19.4 Å². The fourth-order valence-corrected chi connectivity index (χ4v) is 4.25. The molecule has 1 aliphatic heterocycles. The fourth-order valence-electron chi connectivity index (χ4n) is 4.25. The van der Waals surface area contributed by atoms with E-state index in [1.165, 1.54) is 18.2 Å². The molecule has 2 aromatic heterocycles. The van der Waals surface area contributed by atoms with Gasteiger partial charge in [-0.3, -0.25) is 5.41 Å². The number of nitrogens with two attached hydrogens (primary N) is 1. The molecule has 2 aromatic carbocycles. The average Bonchev–Trinajstić information content (AvgIpc) is 3.35. The number of aryl methyl sites for hydroxylation is 1. The number of nitrogens with one attached hydrogen (secondary N) is 1. The van der Waals surface area contributed by atoms with E-state index in [-0.39, 0.29) is 34.3 Å². The molecule has 39 heavy (non-hydrogen) atoms. The number of ether oxygens (including phenoxy) is 2. The largest absolute Gasteiger partial charge is 0.504 e. The third-order valence-corrected chi connectivity index (χ3v) is 6.42. The highest BCUT2D eigenvalue weighted by Gasteiger charge is 2.29. The monoisotopic (exact) mass is 535 g/mol. The second-order valence-corrected chi connectivity index (χ2v) is 9.18. The van der Waals surface area contributed by atoms with Crippen molar-refractivity contribution in [3.63, 3.8) is 0 Å². The highest BCUT2D eigenvalue weighted by Crippen LogP contribution is 2.40. The smallest absolute Gasteiger partial charge is 0.261 e. The van der Waals surface area contributed by atoms with Gasteiger partial charge in [0.05, 0.1) is 0 Å². The van der Waals surface area contributed by atoms with Crippen LogP contribution in [0, 0.1) is 17.0 Å². The Morgan fingerprint density at radius 3 is 2.38 bits per heavy atom. The van der Waals surface area contributed by atoms with E-state index < -0.39 is 23.4 Å². The zero-order valence-corrected chi connectivity index (χ0v) is 21.4. The van der Waals surface area contributed by atoms with Gasteiger partial charge in [0.2, 0.25) is 11.6 Å². The van der Waals surface area contributed by atoms with Gasteiger partial charge in [-0.25, -0.2) is 4.98 Å². The molecule has 3 heterocycles. The summed E-state index contributed by atoms with van der Waals surface area (Å²) in [5, 5.41) is 17.9. The van der Waals surface area contributed by atoms with Crippen LogP contribution >= 0.6 is 0 Å². The summed E-state index contributed by atoms with van der Waals surface area (Å²) in [6.07, 6.45) is 3.46. The molecule has 0 radical (unpaired) electrons. The molecule has 0 saturated carbocycles. The molecule has 0 atom stereocenters. The van der Waals surface area contributed by atoms with Crippen LogP contribution in [-0.2, 0) is 7.05 Å². The lowest BCUT2D eigenvalue weighted by Crippen LogP contribution is -2.45. The molecule has 0 unspecified atom stereocenters. The summed E-state index contributed by atoms with van der Waals surface area (Å²) in [7, 11) is 3.78. The van der Waals surface area contributed by atoms with Gasteiger partial charge in [-0.15, -0.1) is 0 Å². The molecule has 1 saturated heterocycles. The number of likely N-dealkylation sites (N-methyl/N-ethyl adjacent to an activating group) is 1. The van der Waals surface area contributed by atoms with Crippen molar-refractivity contribution in [3.05, 3.63) is 72.1 Å². The lowest BCUT2D eigenvalue weighted by Gasteiger charge is -2.34. The van der Waals surface area contributed by atoms with Gasteiger partial charge in [0.25, 0.3) is 11.8 Å². The molecule has 5 rings (SSSR count). The van der Waals surface area contributed by atoms with Crippen molar-refractivity contribution in [2.24, 2.45) is 12.8 Å². The Bertz CT molecular complexity index is 1530. The van der Waals surface area contributed by atoms with Crippen LogP contribution in [0.25, 0.3) is 11.4 Å². The molecular formula is C27H27F2N7O3. The zero-order chi connectivity index (χ0) is 27.7. The summed E-state index contributed by atoms with van der Waals surface area (Å²) in [6.45, 7) is 1.93. The van der Waals surface area contributed by atoms with E-state index in [4.69, 9.17) is 20.6 Å². The highest BCUT2D eigenvalue weighted by atomic mass is 19.1. The number of aromatic nitrogens is 3. The van der Waals surface area contributed by atoms with Crippen LogP contribution in [0.15, 0.2) is 54.9 Å². The van der Waals surface area contributed by atoms with E-state index >= 15 is 8.78 Å². The van der Waals surface area contributed by atoms with Crippen LogP contribution in [0.3, 0.4) is 0 Å². The summed E-state index contributed by atoms with van der Waals surface area (Å²) < 4.78 is 45.0. The highest BCUT2D eigenvalue weighted by molar-refractivity contribution is 5.95. The van der Waals surface area contributed by atoms with E-state index in [1.54, 1.807) is 35.5 Å². The second kappa shape index (κ2) is 10.6. The van der Waals surface area contributed by atoms with Crippen molar-refractivity contribution in [1.29, 1.82) is 5.41 Å². The van der Waals surface area contributed by atoms with Gasteiger partial charge >= 0.3 is 0 Å². The maximum absolute atomic E-state index is 15.9. The minimum atomic E-state index is -1.04. The number of amidine groups is 1. The number of pyridine rings is 1. The first-order chi connectivity index (χ1) is 18.7. The molecule has 1 aliphatic rings. The lowest BCUT2D eigenvalue weighted by molar-refractivity contribution is 0.307. The second-order valence-electron chi connectivity index (χ2n) is 9.18. The maximum Gasteiger partial charge on any atom is 0.261 e. The Balaban J connectivity index is 1.57. The van der Waals surface area contributed by atoms with Crippen LogP contribution in [0.2, 0.25) is 0 Å². The first-order valence-electron chi connectivity index (χ1n) is 12.1. The summed E-state index contributed by atoms with van der Waals surface area (Å²) >= 11 is 0. The average molecular weight is 536 g/mol. The maximum atomic E-state index is 15.9. The van der Waals surface area contributed by atoms with Crippen LogP contribution in [0.1, 0.15) is 5.56 Å². The third kappa shape index (κ3) is 5.32. The lowest BCUT2D eigenvalue weighted by atomic mass is 10.2. The quantitative estimate of drug-likeness (QED) is 0.239. The molecule has 10 nitrogen and oxygen atoms in total. The molecule has 4 N–H and O–H groups in total. The number of aromatic hydroxyl groups is 1. The summed E-state index contributed by atoms with van der Waals surface area (Å²) in [5.74, 6) is -3.00. The first-order valence-corrected chi connectivity index (χ1v) is 12.1. The van der Waals surface area contributed by atoms with E-state index in [9.17, 15) is 5.11 Å². The Morgan fingerprint density at radius 2 is 1.72 bits per heavy atom. The third-order valence-electron chi connectivity index (χ3n) is 6.42. The van der Waals surface area contributed by atoms with Crippen molar-refractivity contribution < 1.29 is 23.4 Å². The van der Waals surface area contributed by atoms with E-state index in [0.29, 0.717) is 32.0 Å². The van der Waals surface area contributed by atoms with Gasteiger partial charge in [-0.1, -0.05) is 12.1 Å². The number of hydrogen-bond acceptors (Lipinski definition) is 8. The number of nitrogen functional groups attached to an aromatic ring is 1. The molecule has 1 fully saturated rings. The Kier molecular flexibility index (Phi) is 7.03. The van der Waals surface area contributed by atoms with Gasteiger partial charge < -0.3 is 34.7 Å². The van der Waals surface area contributed by atoms with Gasteiger partial charge in [-0.2, -0.15) is 13.8 Å². The van der Waals surface area contributed by atoms with Crippen molar-refractivity contribution in [2.45, 2.75) is 0 Å². The summed E-state index contributed by atoms with van der Waals surface area (Å²) in [5.41, 5.74) is 6.17. The molecule has 4 aromatic rings. The molecule has 202 valence electrons. The standard InChI is InChI=1S/C27H27F2N7O3/c1-34-10-12-36(13-11-34)23-21(28)26(38-18-5-3-4-17(14-18)25-32-8-9-35(25)2)33-27(22(23)29)39-20-15-16(24(30)31)6-7-19(20)37/h3-9,14-15,37H,10-13H2,1-2H3,(H3,30,31). The van der Waals surface area contributed by atoms with Crippen molar-refractivity contribution in [3.8, 4) is 40.4 Å². The molecule has 0 spiro atoms. The fraction of sp³-hybridized carbons (Fsp3) is 0.222. The number of anilines is 1. The van der Waals surface area contributed by atoms with E-state index in [2.05, 4.69) is 14.9 Å². The van der Waals surface area contributed by atoms with Crippen LogP contribution in [-0.4, -0.2) is 63.6 Å². The molecular weight excluding hydrogens is 508 g/mol. The number of piperazine rings is 1. The molecule has 12 heteroatoms. The van der Waals surface area contributed by atoms with Crippen molar-refractivity contribution >= 4 is 11.5 Å². The normalized spacial score (nSPS) is 13.9. The Hall–Kier alpha value is -4.71. The number of phenols is 1. The Morgan fingerprint density at radius 1 is 1.00 bits per heavy atom. The minimum Gasteiger partial charge on any atom is -0.504 e. The molecule has 0 amide bonds. The van der Waals surface area contributed by atoms with Crippen LogP contribution in [0.4, 0.5) is 14.5 Å². The number of nitrogens with zero attached hydrogens (tertiary/aromatic N) is 5. The predicted octanol–water partition coefficient (Wildman–Crippen LogP) is 4.09. The number of hydrogen-bond donors (Lipinski definition) is 3. The first kappa shape index (κ1) is 25.9. The van der Waals surface area contributed by atoms with Crippen LogP contribution < -0.4 is 20.1 Å². The van der Waals surface area contributed by atoms with E-state index in [1.807, 2.05) is 24.7 Å². The Labute approximate surface area is 223 Å². The van der Waals surface area contributed by atoms with Gasteiger partial charge in [-0.05, 0) is 37.4 Å². The predicted molar refractivity (Wildman–Crippen MR) is 142 cm³/mol. The minimum absolute atomic E-state index is 0.201.